The summed E-state index contributed by atoms with van der Waals surface area (Å²) in [5.41, 5.74) is 1.41. The Kier molecular flexibility index (Phi) is 4.89. The summed E-state index contributed by atoms with van der Waals surface area (Å²) in [7, 11) is 0. The molecule has 2 aromatic carbocycles. The number of rotatable bonds is 3. The number of halogens is 1. The summed E-state index contributed by atoms with van der Waals surface area (Å²) < 4.78 is 12.0. The molecule has 0 saturated carbocycles. The molecule has 2 aromatic rings. The zero-order valence-electron chi connectivity index (χ0n) is 14.4. The third kappa shape index (κ3) is 4.00. The molecule has 0 spiro atoms. The molecule has 1 fully saturated rings. The number of hydrogen-bond acceptors (Lipinski definition) is 4. The molecule has 2 heterocycles. The van der Waals surface area contributed by atoms with Crippen molar-refractivity contribution in [2.24, 2.45) is 0 Å². The van der Waals surface area contributed by atoms with Crippen LogP contribution in [0.15, 0.2) is 46.9 Å². The summed E-state index contributed by atoms with van der Waals surface area (Å²) >= 11 is 3.37. The van der Waals surface area contributed by atoms with E-state index in [1.165, 1.54) is 0 Å². The Morgan fingerprint density at radius 1 is 1.11 bits per heavy atom. The van der Waals surface area contributed by atoms with E-state index < -0.39 is 0 Å². The predicted octanol–water partition coefficient (Wildman–Crippen LogP) is 3.15. The highest BCUT2D eigenvalue weighted by molar-refractivity contribution is 9.10. The summed E-state index contributed by atoms with van der Waals surface area (Å²) in [6.07, 6.45) is 0.250. The quantitative estimate of drug-likeness (QED) is 0.781. The van der Waals surface area contributed by atoms with Crippen molar-refractivity contribution in [1.82, 2.24) is 5.32 Å². The van der Waals surface area contributed by atoms with Crippen LogP contribution in [-0.2, 0) is 4.79 Å². The molecule has 1 saturated heterocycles. The van der Waals surface area contributed by atoms with Crippen LogP contribution in [0.25, 0.3) is 0 Å². The number of urea groups is 1. The van der Waals surface area contributed by atoms with Crippen LogP contribution in [0.2, 0.25) is 0 Å². The van der Waals surface area contributed by atoms with Crippen molar-refractivity contribution in [2.75, 3.05) is 30.0 Å². The molecule has 8 heteroatoms. The molecule has 4 rings (SSSR count). The van der Waals surface area contributed by atoms with E-state index in [2.05, 4.69) is 26.6 Å². The van der Waals surface area contributed by atoms with Gasteiger partial charge in [-0.15, -0.1) is 0 Å². The fourth-order valence-corrected chi connectivity index (χ4v) is 3.57. The third-order valence-electron chi connectivity index (χ3n) is 4.38. The van der Waals surface area contributed by atoms with Gasteiger partial charge < -0.3 is 25.0 Å². The van der Waals surface area contributed by atoms with E-state index >= 15 is 0 Å². The minimum Gasteiger partial charge on any atom is -0.486 e. The highest BCUT2D eigenvalue weighted by Crippen LogP contribution is 2.35. The largest absolute Gasteiger partial charge is 0.486 e. The molecule has 0 aromatic heterocycles. The Labute approximate surface area is 164 Å². The molecule has 2 aliphatic rings. The lowest BCUT2D eigenvalue weighted by Crippen LogP contribution is -2.39. The number of nitrogens with one attached hydrogen (secondary N) is 2. The van der Waals surface area contributed by atoms with Crippen LogP contribution in [0, 0.1) is 0 Å². The van der Waals surface area contributed by atoms with Gasteiger partial charge in [0.2, 0.25) is 5.91 Å². The monoisotopic (exact) mass is 431 g/mol. The maximum atomic E-state index is 12.4. The second kappa shape index (κ2) is 7.48. The topological polar surface area (TPSA) is 79.9 Å². The van der Waals surface area contributed by atoms with Crippen LogP contribution in [0.1, 0.15) is 6.42 Å². The molecule has 0 aliphatic carbocycles. The molecule has 1 atom stereocenters. The third-order valence-corrected chi connectivity index (χ3v) is 4.87. The van der Waals surface area contributed by atoms with Crippen LogP contribution in [0.5, 0.6) is 11.5 Å². The van der Waals surface area contributed by atoms with Gasteiger partial charge in [0.1, 0.15) is 13.2 Å². The first-order chi connectivity index (χ1) is 13.1. The van der Waals surface area contributed by atoms with Gasteiger partial charge in [0, 0.05) is 34.9 Å². The van der Waals surface area contributed by atoms with Crippen molar-refractivity contribution in [3.63, 3.8) is 0 Å². The van der Waals surface area contributed by atoms with Gasteiger partial charge in [-0.2, -0.15) is 0 Å². The summed E-state index contributed by atoms with van der Waals surface area (Å²) in [6, 6.07) is 12.1. The lowest BCUT2D eigenvalue weighted by molar-refractivity contribution is -0.117. The summed E-state index contributed by atoms with van der Waals surface area (Å²) in [6.45, 7) is 1.42. The second-order valence-corrected chi connectivity index (χ2v) is 7.26. The number of hydrogen-bond donors (Lipinski definition) is 2. The molecule has 0 bridgehead atoms. The van der Waals surface area contributed by atoms with Crippen molar-refractivity contribution in [3.05, 3.63) is 46.9 Å². The number of nitrogens with zero attached hydrogens (tertiary/aromatic N) is 1. The Bertz CT molecular complexity index is 889. The number of fused-ring (bicyclic) bond motifs is 1. The number of carbonyl (C=O) groups excluding carboxylic acids is 2. The van der Waals surface area contributed by atoms with Gasteiger partial charge in [-0.05, 0) is 30.3 Å². The zero-order valence-corrected chi connectivity index (χ0v) is 16.0. The maximum Gasteiger partial charge on any atom is 0.319 e. The highest BCUT2D eigenvalue weighted by Gasteiger charge is 2.32. The molecule has 2 aliphatic heterocycles. The van der Waals surface area contributed by atoms with Gasteiger partial charge in [-0.3, -0.25) is 4.79 Å². The van der Waals surface area contributed by atoms with Crippen LogP contribution >= 0.6 is 15.9 Å². The Hall–Kier alpha value is -2.74. The Morgan fingerprint density at radius 3 is 2.74 bits per heavy atom. The van der Waals surface area contributed by atoms with Crippen molar-refractivity contribution in [3.8, 4) is 11.5 Å². The number of amides is 3. The molecule has 7 nitrogen and oxygen atoms in total. The van der Waals surface area contributed by atoms with E-state index in [9.17, 15) is 9.59 Å². The average Bonchev–Trinajstić information content (AvgIpc) is 3.01. The molecule has 0 radical (unpaired) electrons. The van der Waals surface area contributed by atoms with Crippen molar-refractivity contribution < 1.29 is 19.1 Å². The average molecular weight is 432 g/mol. The summed E-state index contributed by atoms with van der Waals surface area (Å²) in [5, 5.41) is 5.63. The van der Waals surface area contributed by atoms with E-state index in [-0.39, 0.29) is 24.4 Å². The van der Waals surface area contributed by atoms with E-state index in [0.29, 0.717) is 36.9 Å². The molecular formula is C19H18BrN3O4. The van der Waals surface area contributed by atoms with E-state index in [0.717, 1.165) is 10.2 Å². The zero-order chi connectivity index (χ0) is 18.8. The molecule has 1 unspecified atom stereocenters. The number of benzene rings is 2. The Balaban J connectivity index is 1.39. The van der Waals surface area contributed by atoms with Crippen LogP contribution in [-0.4, -0.2) is 37.7 Å². The molecule has 140 valence electrons. The summed E-state index contributed by atoms with van der Waals surface area (Å²) in [4.78, 5) is 26.3. The number of anilines is 2. The van der Waals surface area contributed by atoms with Gasteiger partial charge in [0.15, 0.2) is 11.5 Å². The lowest BCUT2D eigenvalue weighted by atomic mass is 10.2. The van der Waals surface area contributed by atoms with E-state index in [1.807, 2.05) is 18.2 Å². The second-order valence-electron chi connectivity index (χ2n) is 6.34. The fraction of sp³-hybridized carbons (Fsp3) is 0.263. The van der Waals surface area contributed by atoms with Gasteiger partial charge >= 0.3 is 6.03 Å². The van der Waals surface area contributed by atoms with E-state index in [4.69, 9.17) is 9.47 Å². The molecule has 27 heavy (non-hydrogen) atoms. The van der Waals surface area contributed by atoms with Gasteiger partial charge in [-0.25, -0.2) is 4.79 Å². The SMILES string of the molecule is O=C(Nc1cccc(Br)c1)NC1CC(=O)N(c2ccc3c(c2)OCCO3)C1. The molecular weight excluding hydrogens is 414 g/mol. The molecule has 2 N–H and O–H groups in total. The number of carbonyl (C=O) groups is 2. The minimum atomic E-state index is -0.338. The Morgan fingerprint density at radius 2 is 1.93 bits per heavy atom. The summed E-state index contributed by atoms with van der Waals surface area (Å²) in [5.74, 6) is 1.27. The van der Waals surface area contributed by atoms with Crippen LogP contribution in [0.4, 0.5) is 16.2 Å². The van der Waals surface area contributed by atoms with E-state index in [1.54, 1.807) is 29.2 Å². The first-order valence-electron chi connectivity index (χ1n) is 8.61. The number of ether oxygens (including phenoxy) is 2. The minimum absolute atomic E-state index is 0.0422. The van der Waals surface area contributed by atoms with Crippen molar-refractivity contribution >= 4 is 39.2 Å². The van der Waals surface area contributed by atoms with Crippen LogP contribution < -0.4 is 25.0 Å². The maximum absolute atomic E-state index is 12.4. The van der Waals surface area contributed by atoms with Gasteiger partial charge in [0.25, 0.3) is 0 Å². The smallest absolute Gasteiger partial charge is 0.319 e. The lowest BCUT2D eigenvalue weighted by Gasteiger charge is -2.22. The highest BCUT2D eigenvalue weighted by atomic mass is 79.9. The standard InChI is InChI=1S/C19H18BrN3O4/c20-12-2-1-3-13(8-12)21-19(25)22-14-9-18(24)23(11-14)15-4-5-16-17(10-15)27-7-6-26-16/h1-5,8,10,14H,6-7,9,11H2,(H2,21,22,25). The first-order valence-corrected chi connectivity index (χ1v) is 9.41. The van der Waals surface area contributed by atoms with Crippen molar-refractivity contribution in [1.29, 1.82) is 0 Å². The fourth-order valence-electron chi connectivity index (χ4n) is 3.17. The van der Waals surface area contributed by atoms with Gasteiger partial charge in [0.05, 0.1) is 6.04 Å². The normalized spacial score (nSPS) is 18.3. The van der Waals surface area contributed by atoms with Crippen LogP contribution in [0.3, 0.4) is 0 Å². The van der Waals surface area contributed by atoms with Gasteiger partial charge in [-0.1, -0.05) is 22.0 Å². The molecule has 3 amide bonds. The first kappa shape index (κ1) is 17.7. The predicted molar refractivity (Wildman–Crippen MR) is 104 cm³/mol. The van der Waals surface area contributed by atoms with Crippen molar-refractivity contribution in [2.45, 2.75) is 12.5 Å².